The number of esters is 1. The maximum Gasteiger partial charge on any atom is 0.343 e. The van der Waals surface area contributed by atoms with Crippen LogP contribution in [0.5, 0.6) is 5.75 Å². The molecule has 6 nitrogen and oxygen atoms in total. The van der Waals surface area contributed by atoms with E-state index in [1.807, 2.05) is 0 Å². The molecule has 1 N–H and O–H groups in total. The molecule has 0 spiro atoms. The van der Waals surface area contributed by atoms with Gasteiger partial charge in [0.1, 0.15) is 5.75 Å². The van der Waals surface area contributed by atoms with E-state index in [1.54, 1.807) is 24.3 Å². The molecule has 0 fully saturated rings. The zero-order valence-electron chi connectivity index (χ0n) is 11.1. The summed E-state index contributed by atoms with van der Waals surface area (Å²) in [5.74, 6) is -0.208. The molecule has 0 radical (unpaired) electrons. The molecular formula is C15H13NO5. The molecule has 2 aromatic rings. The highest BCUT2D eigenvalue weighted by Crippen LogP contribution is 2.16. The number of aliphatic hydroxyl groups excluding tert-OH is 1. The quantitative estimate of drug-likeness (QED) is 0.394. The lowest BCUT2D eigenvalue weighted by Crippen LogP contribution is -2.08. The summed E-state index contributed by atoms with van der Waals surface area (Å²) in [6.45, 7) is 0.0575. The van der Waals surface area contributed by atoms with Crippen molar-refractivity contribution in [3.63, 3.8) is 0 Å². The molecule has 21 heavy (non-hydrogen) atoms. The van der Waals surface area contributed by atoms with Crippen molar-refractivity contribution in [3.05, 3.63) is 69.8 Å². The van der Waals surface area contributed by atoms with Crippen LogP contribution in [0.1, 0.15) is 15.9 Å². The van der Waals surface area contributed by atoms with Crippen molar-refractivity contribution in [2.24, 2.45) is 0 Å². The smallest absolute Gasteiger partial charge is 0.343 e. The van der Waals surface area contributed by atoms with E-state index in [2.05, 4.69) is 0 Å². The summed E-state index contributed by atoms with van der Waals surface area (Å²) >= 11 is 0. The van der Waals surface area contributed by atoms with Crippen LogP contribution < -0.4 is 4.74 Å². The fourth-order valence-corrected chi connectivity index (χ4v) is 1.74. The van der Waals surface area contributed by atoms with E-state index in [0.717, 1.165) is 5.56 Å². The summed E-state index contributed by atoms with van der Waals surface area (Å²) in [7, 11) is 0. The van der Waals surface area contributed by atoms with E-state index >= 15 is 0 Å². The van der Waals surface area contributed by atoms with Crippen LogP contribution in [0.25, 0.3) is 0 Å². The van der Waals surface area contributed by atoms with Gasteiger partial charge in [0.15, 0.2) is 0 Å². The molecule has 2 rings (SSSR count). The maximum absolute atomic E-state index is 11.9. The second kappa shape index (κ2) is 6.62. The Morgan fingerprint density at radius 1 is 1.10 bits per heavy atom. The number of hydrogen-bond acceptors (Lipinski definition) is 5. The minimum Gasteiger partial charge on any atom is -0.423 e. The summed E-state index contributed by atoms with van der Waals surface area (Å²) in [4.78, 5) is 21.9. The van der Waals surface area contributed by atoms with E-state index in [9.17, 15) is 14.9 Å². The molecule has 0 aliphatic carbocycles. The van der Waals surface area contributed by atoms with E-state index in [-0.39, 0.29) is 17.9 Å². The van der Waals surface area contributed by atoms with Crippen molar-refractivity contribution in [1.82, 2.24) is 0 Å². The first-order valence-corrected chi connectivity index (χ1v) is 6.26. The van der Waals surface area contributed by atoms with E-state index in [0.29, 0.717) is 12.2 Å². The van der Waals surface area contributed by atoms with Crippen LogP contribution >= 0.6 is 0 Å². The molecule has 2 aromatic carbocycles. The summed E-state index contributed by atoms with van der Waals surface area (Å²) in [6, 6.07) is 12.0. The maximum atomic E-state index is 11.9. The Morgan fingerprint density at radius 3 is 2.24 bits per heavy atom. The van der Waals surface area contributed by atoms with Crippen LogP contribution in [-0.2, 0) is 6.42 Å². The first kappa shape index (κ1) is 14.7. The lowest BCUT2D eigenvalue weighted by atomic mass is 10.1. The van der Waals surface area contributed by atoms with Crippen molar-refractivity contribution >= 4 is 11.7 Å². The van der Waals surface area contributed by atoms with Gasteiger partial charge in [0.05, 0.1) is 10.5 Å². The van der Waals surface area contributed by atoms with Crippen LogP contribution in [0, 0.1) is 10.1 Å². The van der Waals surface area contributed by atoms with Gasteiger partial charge >= 0.3 is 5.97 Å². The molecule has 0 bridgehead atoms. The number of nitro benzene ring substituents is 1. The van der Waals surface area contributed by atoms with Gasteiger partial charge in [0, 0.05) is 18.7 Å². The van der Waals surface area contributed by atoms with Gasteiger partial charge in [-0.15, -0.1) is 0 Å². The summed E-state index contributed by atoms with van der Waals surface area (Å²) in [5.41, 5.74) is 1.09. The van der Waals surface area contributed by atoms with Crippen LogP contribution in [0.2, 0.25) is 0 Å². The second-order valence-electron chi connectivity index (χ2n) is 4.31. The number of ether oxygens (including phenoxy) is 1. The third kappa shape index (κ3) is 3.87. The van der Waals surface area contributed by atoms with Gasteiger partial charge in [0.2, 0.25) is 0 Å². The third-order valence-corrected chi connectivity index (χ3v) is 2.85. The Labute approximate surface area is 120 Å². The Hall–Kier alpha value is -2.73. The number of carbonyl (C=O) groups excluding carboxylic acids is 1. The van der Waals surface area contributed by atoms with Crippen molar-refractivity contribution in [3.8, 4) is 5.75 Å². The number of nitro groups is 1. The third-order valence-electron chi connectivity index (χ3n) is 2.85. The van der Waals surface area contributed by atoms with Gasteiger partial charge in [-0.05, 0) is 36.2 Å². The number of hydrogen-bond donors (Lipinski definition) is 1. The number of rotatable bonds is 5. The van der Waals surface area contributed by atoms with Crippen molar-refractivity contribution < 1.29 is 19.6 Å². The molecular weight excluding hydrogens is 274 g/mol. The number of aliphatic hydroxyl groups is 1. The molecule has 6 heteroatoms. The SMILES string of the molecule is O=C(Oc1ccc(CCO)cc1)c1ccc([N+](=O)[O-])cc1. The molecule has 0 atom stereocenters. The number of nitrogens with zero attached hydrogens (tertiary/aromatic N) is 1. The first-order valence-electron chi connectivity index (χ1n) is 6.26. The number of non-ortho nitro benzene ring substituents is 1. The topological polar surface area (TPSA) is 89.7 Å². The first-order chi connectivity index (χ1) is 10.1. The highest BCUT2D eigenvalue weighted by Gasteiger charge is 2.11. The van der Waals surface area contributed by atoms with E-state index in [4.69, 9.17) is 9.84 Å². The number of carbonyl (C=O) groups is 1. The highest BCUT2D eigenvalue weighted by molar-refractivity contribution is 5.91. The molecule has 0 unspecified atom stereocenters. The van der Waals surface area contributed by atoms with Crippen molar-refractivity contribution in [2.75, 3.05) is 6.61 Å². The lowest BCUT2D eigenvalue weighted by molar-refractivity contribution is -0.384. The average molecular weight is 287 g/mol. The van der Waals surface area contributed by atoms with E-state index in [1.165, 1.54) is 24.3 Å². The van der Waals surface area contributed by atoms with Gasteiger partial charge in [0.25, 0.3) is 5.69 Å². The molecule has 0 saturated carbocycles. The van der Waals surface area contributed by atoms with Gasteiger partial charge in [-0.25, -0.2) is 4.79 Å². The summed E-state index contributed by atoms with van der Waals surface area (Å²) < 4.78 is 5.16. The monoisotopic (exact) mass is 287 g/mol. The van der Waals surface area contributed by atoms with Crippen LogP contribution in [0.4, 0.5) is 5.69 Å². The predicted molar refractivity (Wildman–Crippen MR) is 75.3 cm³/mol. The fourth-order valence-electron chi connectivity index (χ4n) is 1.74. The molecule has 108 valence electrons. The minimum atomic E-state index is -0.584. The molecule has 0 aliphatic rings. The predicted octanol–water partition coefficient (Wildman–Crippen LogP) is 2.35. The Balaban J connectivity index is 2.05. The van der Waals surface area contributed by atoms with Gasteiger partial charge in [-0.3, -0.25) is 10.1 Å². The summed E-state index contributed by atoms with van der Waals surface area (Å²) in [5, 5.41) is 19.3. The van der Waals surface area contributed by atoms with Crippen LogP contribution in [0.15, 0.2) is 48.5 Å². The van der Waals surface area contributed by atoms with E-state index < -0.39 is 10.9 Å². The molecule has 0 saturated heterocycles. The fraction of sp³-hybridized carbons (Fsp3) is 0.133. The average Bonchev–Trinajstić information content (AvgIpc) is 2.49. The zero-order valence-corrected chi connectivity index (χ0v) is 11.1. The van der Waals surface area contributed by atoms with Crippen LogP contribution in [0.3, 0.4) is 0 Å². The Morgan fingerprint density at radius 2 is 1.71 bits per heavy atom. The molecule has 0 amide bonds. The zero-order chi connectivity index (χ0) is 15.2. The van der Waals surface area contributed by atoms with Gasteiger partial charge < -0.3 is 9.84 Å². The Bertz CT molecular complexity index is 634. The summed E-state index contributed by atoms with van der Waals surface area (Å²) in [6.07, 6.45) is 0.538. The second-order valence-corrected chi connectivity index (χ2v) is 4.31. The van der Waals surface area contributed by atoms with Gasteiger partial charge in [-0.1, -0.05) is 12.1 Å². The van der Waals surface area contributed by atoms with Gasteiger partial charge in [-0.2, -0.15) is 0 Å². The molecule has 0 aliphatic heterocycles. The standard InChI is InChI=1S/C15H13NO5/c17-10-9-11-1-7-14(8-2-11)21-15(18)12-3-5-13(6-4-12)16(19)20/h1-8,17H,9-10H2. The lowest BCUT2D eigenvalue weighted by Gasteiger charge is -2.05. The molecule has 0 heterocycles. The number of benzene rings is 2. The van der Waals surface area contributed by atoms with Crippen molar-refractivity contribution in [1.29, 1.82) is 0 Å². The Kier molecular flexibility index (Phi) is 4.63. The van der Waals surface area contributed by atoms with Crippen LogP contribution in [-0.4, -0.2) is 22.6 Å². The minimum absolute atomic E-state index is 0.0575. The highest BCUT2D eigenvalue weighted by atomic mass is 16.6. The molecule has 0 aromatic heterocycles. The normalized spacial score (nSPS) is 10.1. The van der Waals surface area contributed by atoms with Crippen molar-refractivity contribution in [2.45, 2.75) is 6.42 Å². The largest absolute Gasteiger partial charge is 0.423 e.